The number of carbonyl (C=O) groups excluding carboxylic acids is 3. The lowest BCUT2D eigenvalue weighted by atomic mass is 9.94. The highest BCUT2D eigenvalue weighted by Crippen LogP contribution is 2.21. The van der Waals surface area contributed by atoms with Crippen LogP contribution < -0.4 is 0 Å². The Morgan fingerprint density at radius 3 is 1.12 bits per heavy atom. The van der Waals surface area contributed by atoms with E-state index in [4.69, 9.17) is 14.2 Å². The number of hydrogen-bond donors (Lipinski definition) is 3. The molecule has 0 saturated heterocycles. The minimum Gasteiger partial charge on any atom is -0.464 e. The molecule has 0 aliphatic rings. The molecule has 152 valence electrons. The first-order valence-corrected chi connectivity index (χ1v) is 10.2. The van der Waals surface area contributed by atoms with E-state index in [2.05, 4.69) is 37.9 Å². The summed E-state index contributed by atoms with van der Waals surface area (Å²) in [5.74, 6) is -1.41. The fourth-order valence-electron chi connectivity index (χ4n) is 1.65. The topological polar surface area (TPSA) is 78.9 Å². The fraction of sp³-hybridized carbons (Fsp3) is 0.824. The molecule has 0 aromatic carbocycles. The van der Waals surface area contributed by atoms with E-state index in [1.165, 1.54) is 0 Å². The van der Waals surface area contributed by atoms with Crippen molar-refractivity contribution in [2.75, 3.05) is 19.8 Å². The van der Waals surface area contributed by atoms with E-state index in [1.807, 2.05) is 20.8 Å². The van der Waals surface area contributed by atoms with Crippen molar-refractivity contribution in [2.45, 2.75) is 62.7 Å². The number of carbonyl (C=O) groups is 3. The molecule has 0 heterocycles. The molecule has 3 unspecified atom stereocenters. The summed E-state index contributed by atoms with van der Waals surface area (Å²) in [5.41, 5.74) is -0.884. The summed E-state index contributed by atoms with van der Waals surface area (Å²) in [6, 6.07) is 0. The Bertz CT molecular complexity index is 407. The van der Waals surface area contributed by atoms with Gasteiger partial charge in [0.1, 0.15) is 19.8 Å². The van der Waals surface area contributed by atoms with Crippen molar-refractivity contribution in [3.63, 3.8) is 0 Å². The minimum atomic E-state index is -0.884. The maximum absolute atomic E-state index is 11.9. The van der Waals surface area contributed by atoms with Gasteiger partial charge in [-0.1, -0.05) is 20.8 Å². The first kappa shape index (κ1) is 25.5. The summed E-state index contributed by atoms with van der Waals surface area (Å²) in [6.45, 7) is 6.94. The highest BCUT2D eigenvalue weighted by molar-refractivity contribution is 7.82. The van der Waals surface area contributed by atoms with E-state index in [-0.39, 0.29) is 19.8 Å². The SMILES string of the molecule is CCC(S)C(=O)OCC(C)(COC(=O)C(S)CC)COC(=O)C(S)CC. The number of hydrogen-bond acceptors (Lipinski definition) is 9. The smallest absolute Gasteiger partial charge is 0.318 e. The molecule has 0 aromatic rings. The van der Waals surface area contributed by atoms with Gasteiger partial charge in [0.05, 0.1) is 21.2 Å². The van der Waals surface area contributed by atoms with Gasteiger partial charge in [-0.15, -0.1) is 0 Å². The first-order valence-electron chi connectivity index (χ1n) is 8.64. The van der Waals surface area contributed by atoms with Crippen molar-refractivity contribution >= 4 is 55.8 Å². The maximum atomic E-state index is 11.9. The van der Waals surface area contributed by atoms with Gasteiger partial charge >= 0.3 is 17.9 Å². The predicted octanol–water partition coefficient (Wildman–Crippen LogP) is 2.75. The molecule has 0 aromatic heterocycles. The van der Waals surface area contributed by atoms with Crippen LogP contribution in [0, 0.1) is 5.41 Å². The van der Waals surface area contributed by atoms with Gasteiger partial charge in [-0.2, -0.15) is 37.9 Å². The Kier molecular flexibility index (Phi) is 12.5. The zero-order valence-corrected chi connectivity index (χ0v) is 18.4. The molecule has 0 rings (SSSR count). The van der Waals surface area contributed by atoms with Crippen molar-refractivity contribution < 1.29 is 28.6 Å². The van der Waals surface area contributed by atoms with Gasteiger partial charge < -0.3 is 14.2 Å². The summed E-state index contributed by atoms with van der Waals surface area (Å²) in [4.78, 5) is 35.6. The highest BCUT2D eigenvalue weighted by Gasteiger charge is 2.32. The van der Waals surface area contributed by atoms with Gasteiger partial charge in [-0.3, -0.25) is 14.4 Å². The van der Waals surface area contributed by atoms with Crippen LogP contribution in [0.25, 0.3) is 0 Å². The molecular formula is C17H30O6S3. The third kappa shape index (κ3) is 9.41. The Balaban J connectivity index is 4.91. The molecule has 0 N–H and O–H groups in total. The van der Waals surface area contributed by atoms with E-state index in [0.29, 0.717) is 19.3 Å². The Morgan fingerprint density at radius 1 is 0.692 bits per heavy atom. The van der Waals surface area contributed by atoms with E-state index in [0.717, 1.165) is 0 Å². The lowest BCUT2D eigenvalue weighted by Gasteiger charge is -2.29. The van der Waals surface area contributed by atoms with E-state index < -0.39 is 39.1 Å². The van der Waals surface area contributed by atoms with Crippen molar-refractivity contribution in [1.29, 1.82) is 0 Å². The largest absolute Gasteiger partial charge is 0.464 e. The second-order valence-electron chi connectivity index (χ2n) is 6.41. The van der Waals surface area contributed by atoms with E-state index in [9.17, 15) is 14.4 Å². The molecule has 0 radical (unpaired) electrons. The average molecular weight is 427 g/mol. The second-order valence-corrected chi connectivity index (χ2v) is 8.28. The summed E-state index contributed by atoms with van der Waals surface area (Å²) < 4.78 is 15.8. The van der Waals surface area contributed by atoms with Crippen molar-refractivity contribution in [3.8, 4) is 0 Å². The number of thiol groups is 3. The minimum absolute atomic E-state index is 0.0732. The lowest BCUT2D eigenvalue weighted by Crippen LogP contribution is -2.39. The molecule has 3 atom stereocenters. The van der Waals surface area contributed by atoms with Crippen LogP contribution in [0.4, 0.5) is 0 Å². The zero-order valence-electron chi connectivity index (χ0n) is 15.8. The van der Waals surface area contributed by atoms with Gasteiger partial charge in [0, 0.05) is 0 Å². The second kappa shape index (κ2) is 12.8. The van der Waals surface area contributed by atoms with Crippen molar-refractivity contribution in [2.24, 2.45) is 5.41 Å². The number of rotatable bonds is 12. The molecule has 6 nitrogen and oxygen atoms in total. The van der Waals surface area contributed by atoms with Crippen LogP contribution in [0.1, 0.15) is 47.0 Å². The lowest BCUT2D eigenvalue weighted by molar-refractivity contribution is -0.159. The number of ether oxygens (including phenoxy) is 3. The third-order valence-electron chi connectivity index (χ3n) is 3.66. The summed E-state index contributed by atoms with van der Waals surface area (Å²) >= 11 is 12.4. The van der Waals surface area contributed by atoms with Gasteiger partial charge in [0.2, 0.25) is 0 Å². The standard InChI is InChI=1S/C17H30O6S3/c1-5-11(24)14(18)21-8-17(4,9-22-15(19)12(25)6-2)10-23-16(20)13(26)7-3/h11-13,24-26H,5-10H2,1-4H3. The zero-order chi connectivity index (χ0) is 20.3. The molecule has 0 aliphatic carbocycles. The monoisotopic (exact) mass is 426 g/mol. The molecule has 26 heavy (non-hydrogen) atoms. The van der Waals surface area contributed by atoms with Gasteiger partial charge in [0.15, 0.2) is 0 Å². The van der Waals surface area contributed by atoms with Crippen LogP contribution >= 0.6 is 37.9 Å². The van der Waals surface area contributed by atoms with Crippen LogP contribution in [0.15, 0.2) is 0 Å². The molecule has 0 spiro atoms. The summed E-state index contributed by atoms with van der Waals surface area (Å²) in [7, 11) is 0. The van der Waals surface area contributed by atoms with Crippen LogP contribution in [0.2, 0.25) is 0 Å². The van der Waals surface area contributed by atoms with Crippen LogP contribution in [-0.4, -0.2) is 53.5 Å². The van der Waals surface area contributed by atoms with E-state index >= 15 is 0 Å². The summed E-state index contributed by atoms with van der Waals surface area (Å²) in [5, 5.41) is -1.60. The molecule has 0 aliphatic heterocycles. The highest BCUT2D eigenvalue weighted by atomic mass is 32.1. The Hall–Kier alpha value is -0.540. The summed E-state index contributed by atoms with van der Waals surface area (Å²) in [6.07, 6.45) is 1.58. The fourth-order valence-corrected chi connectivity index (χ4v) is 1.87. The molecule has 0 bridgehead atoms. The van der Waals surface area contributed by atoms with E-state index in [1.54, 1.807) is 6.92 Å². The Labute approximate surface area is 172 Å². The average Bonchev–Trinajstić information content (AvgIpc) is 2.66. The molecule has 0 fully saturated rings. The normalized spacial score (nSPS) is 16.7. The predicted molar refractivity (Wildman–Crippen MR) is 110 cm³/mol. The van der Waals surface area contributed by atoms with Crippen LogP contribution in [0.5, 0.6) is 0 Å². The van der Waals surface area contributed by atoms with Gasteiger partial charge in [-0.05, 0) is 26.2 Å². The Morgan fingerprint density at radius 2 is 0.923 bits per heavy atom. The van der Waals surface area contributed by atoms with Gasteiger partial charge in [-0.25, -0.2) is 0 Å². The van der Waals surface area contributed by atoms with Crippen LogP contribution in [0.3, 0.4) is 0 Å². The molecule has 9 heteroatoms. The third-order valence-corrected chi connectivity index (χ3v) is 5.39. The van der Waals surface area contributed by atoms with Crippen molar-refractivity contribution in [3.05, 3.63) is 0 Å². The van der Waals surface area contributed by atoms with Crippen molar-refractivity contribution in [1.82, 2.24) is 0 Å². The van der Waals surface area contributed by atoms with Gasteiger partial charge in [0.25, 0.3) is 0 Å². The maximum Gasteiger partial charge on any atom is 0.318 e. The van der Waals surface area contributed by atoms with Crippen LogP contribution in [-0.2, 0) is 28.6 Å². The first-order chi connectivity index (χ1) is 12.1. The molecular weight excluding hydrogens is 396 g/mol. The molecule has 0 saturated carbocycles. The molecule has 0 amide bonds. The quantitative estimate of drug-likeness (QED) is 0.253. The number of esters is 3.